The monoisotopic (exact) mass is 221 g/mol. The Balaban J connectivity index is 2.22. The predicted molar refractivity (Wildman–Crippen MR) is 64.0 cm³/mol. The van der Waals surface area contributed by atoms with Crippen LogP contribution < -0.4 is 11.2 Å². The number of nitrogens with two attached hydrogens (primary N) is 1. The molecule has 0 aromatic carbocycles. The number of carbonyl (C=O) groups is 1. The molecule has 0 bridgehead atoms. The van der Waals surface area contributed by atoms with Gasteiger partial charge in [-0.05, 0) is 31.6 Å². The molecule has 0 aliphatic heterocycles. The van der Waals surface area contributed by atoms with Gasteiger partial charge in [-0.25, -0.2) is 10.2 Å². The van der Waals surface area contributed by atoms with Crippen LogP contribution in [0, 0.1) is 11.3 Å². The van der Waals surface area contributed by atoms with E-state index in [1.165, 1.54) is 18.4 Å². The number of nitrogens with zero attached hydrogens (tertiary/aromatic N) is 1. The summed E-state index contributed by atoms with van der Waals surface area (Å²) in [4.78, 5) is 10.7. The zero-order valence-corrected chi connectivity index (χ0v) is 9.92. The number of urea groups is 1. The number of carbonyl (C=O) groups excluding carboxylic acids is 1. The van der Waals surface area contributed by atoms with Gasteiger partial charge in [0.25, 0.3) is 0 Å². The molecule has 0 spiro atoms. The highest BCUT2D eigenvalue weighted by atomic mass is 16.2. The summed E-state index contributed by atoms with van der Waals surface area (Å²) in [6, 6.07) is -0.592. The molecular formula is C12H19N3O. The minimum Gasteiger partial charge on any atom is -0.350 e. The number of allylic oxidation sites excluding steroid dienone is 2. The van der Waals surface area contributed by atoms with Crippen molar-refractivity contribution in [2.75, 3.05) is 0 Å². The van der Waals surface area contributed by atoms with Crippen LogP contribution in [0.25, 0.3) is 0 Å². The summed E-state index contributed by atoms with van der Waals surface area (Å²) in [6.07, 6.45) is 6.89. The lowest BCUT2D eigenvalue weighted by molar-refractivity contribution is 0.249. The Morgan fingerprint density at radius 1 is 1.56 bits per heavy atom. The molecule has 4 heteroatoms. The first-order valence-corrected chi connectivity index (χ1v) is 5.85. The van der Waals surface area contributed by atoms with Crippen LogP contribution in [0.1, 0.15) is 39.5 Å². The molecule has 16 heavy (non-hydrogen) atoms. The van der Waals surface area contributed by atoms with Gasteiger partial charge >= 0.3 is 6.03 Å². The van der Waals surface area contributed by atoms with Crippen molar-refractivity contribution in [3.8, 4) is 0 Å². The molecule has 2 rings (SSSR count). The Labute approximate surface area is 96.0 Å². The van der Waals surface area contributed by atoms with Crippen molar-refractivity contribution in [1.29, 1.82) is 0 Å². The van der Waals surface area contributed by atoms with Crippen LogP contribution in [-0.4, -0.2) is 11.7 Å². The fraction of sp³-hybridized carbons (Fsp3) is 0.667. The van der Waals surface area contributed by atoms with Gasteiger partial charge < -0.3 is 5.73 Å². The van der Waals surface area contributed by atoms with Crippen LogP contribution >= 0.6 is 0 Å². The molecule has 0 radical (unpaired) electrons. The third-order valence-electron chi connectivity index (χ3n) is 3.79. The lowest BCUT2D eigenvalue weighted by Crippen LogP contribution is -2.37. The van der Waals surface area contributed by atoms with Crippen molar-refractivity contribution in [2.24, 2.45) is 22.2 Å². The smallest absolute Gasteiger partial charge is 0.332 e. The van der Waals surface area contributed by atoms with Crippen LogP contribution in [0.2, 0.25) is 0 Å². The van der Waals surface area contributed by atoms with Crippen LogP contribution in [0.15, 0.2) is 16.8 Å². The van der Waals surface area contributed by atoms with E-state index in [1.807, 2.05) is 0 Å². The van der Waals surface area contributed by atoms with Gasteiger partial charge in [0.2, 0.25) is 0 Å². The van der Waals surface area contributed by atoms with E-state index in [0.717, 1.165) is 24.5 Å². The zero-order chi connectivity index (χ0) is 11.8. The average Bonchev–Trinajstić information content (AvgIpc) is 2.65. The van der Waals surface area contributed by atoms with Gasteiger partial charge in [0.15, 0.2) is 0 Å². The average molecular weight is 221 g/mol. The van der Waals surface area contributed by atoms with E-state index in [2.05, 4.69) is 30.5 Å². The number of nitrogens with one attached hydrogen (secondary N) is 1. The standard InChI is InChI=1S/C12H19N3O/c1-12(2)9-5-3-4-8(9)6-7-10(12)14-15-11(13)16/h5,8H,3-4,6-7H2,1-2H3,(H3,13,15,16)/b14-10+/t8-/m1/s1. The maximum atomic E-state index is 10.7. The van der Waals surface area contributed by atoms with Gasteiger partial charge in [-0.2, -0.15) is 5.10 Å². The Kier molecular flexibility index (Phi) is 2.74. The maximum Gasteiger partial charge on any atom is 0.332 e. The van der Waals surface area contributed by atoms with E-state index in [0.29, 0.717) is 0 Å². The summed E-state index contributed by atoms with van der Waals surface area (Å²) in [6.45, 7) is 4.36. The molecule has 1 saturated carbocycles. The van der Waals surface area contributed by atoms with Gasteiger partial charge in [0.05, 0.1) is 0 Å². The number of hydrazone groups is 1. The highest BCUT2D eigenvalue weighted by Gasteiger charge is 2.39. The second-order valence-corrected chi connectivity index (χ2v) is 5.13. The van der Waals surface area contributed by atoms with Crippen LogP contribution in [0.4, 0.5) is 4.79 Å². The van der Waals surface area contributed by atoms with Crippen molar-refractivity contribution >= 4 is 11.7 Å². The molecular weight excluding hydrogens is 202 g/mol. The fourth-order valence-corrected chi connectivity index (χ4v) is 2.94. The van der Waals surface area contributed by atoms with E-state index in [9.17, 15) is 4.79 Å². The predicted octanol–water partition coefficient (Wildman–Crippen LogP) is 2.17. The first kappa shape index (κ1) is 11.2. The summed E-state index contributed by atoms with van der Waals surface area (Å²) in [5.41, 5.74) is 9.88. The summed E-state index contributed by atoms with van der Waals surface area (Å²) in [5.74, 6) is 0.725. The Morgan fingerprint density at radius 3 is 3.00 bits per heavy atom. The number of fused-ring (bicyclic) bond motifs is 1. The Morgan fingerprint density at radius 2 is 2.31 bits per heavy atom. The largest absolute Gasteiger partial charge is 0.350 e. The molecule has 0 heterocycles. The van der Waals surface area contributed by atoms with Crippen LogP contribution in [0.3, 0.4) is 0 Å². The van der Waals surface area contributed by atoms with Crippen molar-refractivity contribution in [3.05, 3.63) is 11.6 Å². The summed E-state index contributed by atoms with van der Waals surface area (Å²) < 4.78 is 0. The molecule has 3 N–H and O–H groups in total. The third kappa shape index (κ3) is 1.84. The minimum absolute atomic E-state index is 0.0259. The summed E-state index contributed by atoms with van der Waals surface area (Å²) in [5, 5.41) is 4.15. The van der Waals surface area contributed by atoms with Crippen molar-refractivity contribution in [3.63, 3.8) is 0 Å². The molecule has 0 unspecified atom stereocenters. The van der Waals surface area contributed by atoms with Gasteiger partial charge in [-0.1, -0.05) is 25.5 Å². The lowest BCUT2D eigenvalue weighted by atomic mass is 9.68. The molecule has 1 fully saturated rings. The number of primary amides is 1. The molecule has 88 valence electrons. The van der Waals surface area contributed by atoms with E-state index in [4.69, 9.17) is 5.73 Å². The SMILES string of the molecule is CC1(C)C2=CCC[C@@H]2CC/C1=N\NC(N)=O. The highest BCUT2D eigenvalue weighted by Crippen LogP contribution is 2.46. The molecule has 2 amide bonds. The fourth-order valence-electron chi connectivity index (χ4n) is 2.94. The normalized spacial score (nSPS) is 29.8. The van der Waals surface area contributed by atoms with Gasteiger partial charge in [0, 0.05) is 11.1 Å². The number of hydrogen-bond acceptors (Lipinski definition) is 2. The van der Waals surface area contributed by atoms with E-state index in [1.54, 1.807) is 0 Å². The van der Waals surface area contributed by atoms with Gasteiger partial charge in [-0.3, -0.25) is 0 Å². The number of hydrogen-bond donors (Lipinski definition) is 2. The Hall–Kier alpha value is -1.32. The Bertz CT molecular complexity index is 368. The van der Waals surface area contributed by atoms with Gasteiger partial charge in [0.1, 0.15) is 0 Å². The number of rotatable bonds is 1. The zero-order valence-electron chi connectivity index (χ0n) is 9.92. The third-order valence-corrected chi connectivity index (χ3v) is 3.79. The molecule has 0 saturated heterocycles. The molecule has 0 aromatic heterocycles. The minimum atomic E-state index is -0.592. The van der Waals surface area contributed by atoms with Crippen LogP contribution in [0.5, 0.6) is 0 Å². The summed E-state index contributed by atoms with van der Waals surface area (Å²) in [7, 11) is 0. The molecule has 1 atom stereocenters. The first-order valence-electron chi connectivity index (χ1n) is 5.85. The molecule has 0 aromatic rings. The summed E-state index contributed by atoms with van der Waals surface area (Å²) >= 11 is 0. The second kappa shape index (κ2) is 3.92. The van der Waals surface area contributed by atoms with E-state index < -0.39 is 6.03 Å². The lowest BCUT2D eigenvalue weighted by Gasteiger charge is -2.37. The molecule has 2 aliphatic rings. The van der Waals surface area contributed by atoms with Gasteiger partial charge in [-0.15, -0.1) is 0 Å². The van der Waals surface area contributed by atoms with E-state index >= 15 is 0 Å². The van der Waals surface area contributed by atoms with Crippen molar-refractivity contribution in [1.82, 2.24) is 5.43 Å². The quantitative estimate of drug-likeness (QED) is 0.517. The van der Waals surface area contributed by atoms with Crippen molar-refractivity contribution in [2.45, 2.75) is 39.5 Å². The van der Waals surface area contributed by atoms with Crippen molar-refractivity contribution < 1.29 is 4.79 Å². The number of amides is 2. The topological polar surface area (TPSA) is 67.5 Å². The highest BCUT2D eigenvalue weighted by molar-refractivity contribution is 5.94. The molecule has 2 aliphatic carbocycles. The second-order valence-electron chi connectivity index (χ2n) is 5.13. The van der Waals surface area contributed by atoms with E-state index in [-0.39, 0.29) is 5.41 Å². The maximum absolute atomic E-state index is 10.7. The molecule has 4 nitrogen and oxygen atoms in total. The van der Waals surface area contributed by atoms with Crippen LogP contribution in [-0.2, 0) is 0 Å². The first-order chi connectivity index (χ1) is 7.51.